The molecule has 0 aromatic heterocycles. The van der Waals surface area contributed by atoms with E-state index in [9.17, 15) is 28.8 Å². The lowest BCUT2D eigenvalue weighted by Crippen LogP contribution is -2.55. The van der Waals surface area contributed by atoms with Crippen LogP contribution in [0.3, 0.4) is 0 Å². The second-order valence-corrected chi connectivity index (χ2v) is 13.1. The zero-order valence-electron chi connectivity index (χ0n) is 28.2. The van der Waals surface area contributed by atoms with Crippen molar-refractivity contribution in [2.75, 3.05) is 51.0 Å². The number of rotatable bonds is 9. The third kappa shape index (κ3) is 8.60. The van der Waals surface area contributed by atoms with Crippen LogP contribution in [0.4, 0.5) is 21.0 Å². The van der Waals surface area contributed by atoms with Crippen molar-refractivity contribution in [3.8, 4) is 11.1 Å². The Morgan fingerprint density at radius 3 is 1.25 bits per heavy atom. The number of amides is 6. The summed E-state index contributed by atoms with van der Waals surface area (Å²) in [4.78, 5) is 78.2. The summed E-state index contributed by atoms with van der Waals surface area (Å²) in [6.45, 7) is 7.70. The van der Waals surface area contributed by atoms with Crippen molar-refractivity contribution in [3.05, 3.63) is 48.5 Å². The predicted molar refractivity (Wildman–Crippen MR) is 178 cm³/mol. The van der Waals surface area contributed by atoms with Gasteiger partial charge in [0.1, 0.15) is 11.1 Å². The van der Waals surface area contributed by atoms with E-state index >= 15 is 0 Å². The fourth-order valence-electron chi connectivity index (χ4n) is 5.81. The second kappa shape index (κ2) is 14.7. The van der Waals surface area contributed by atoms with E-state index in [2.05, 4.69) is 30.7 Å². The molecule has 2 aromatic carbocycles. The molecule has 0 bridgehead atoms. The lowest BCUT2D eigenvalue weighted by atomic mass is 10.0. The van der Waals surface area contributed by atoms with Gasteiger partial charge < -0.3 is 40.5 Å². The third-order valence-electron chi connectivity index (χ3n) is 8.60. The van der Waals surface area contributed by atoms with Gasteiger partial charge in [-0.1, -0.05) is 24.3 Å². The van der Waals surface area contributed by atoms with Crippen LogP contribution in [0.25, 0.3) is 11.1 Å². The molecule has 0 unspecified atom stereocenters. The van der Waals surface area contributed by atoms with Gasteiger partial charge in [0, 0.05) is 37.6 Å². The zero-order valence-corrected chi connectivity index (χ0v) is 28.2. The van der Waals surface area contributed by atoms with E-state index in [1.54, 1.807) is 61.8 Å². The molecule has 0 saturated carbocycles. The summed E-state index contributed by atoms with van der Waals surface area (Å²) in [5.41, 5.74) is 0.746. The van der Waals surface area contributed by atoms with Crippen LogP contribution < -0.4 is 21.3 Å². The van der Waals surface area contributed by atoms with E-state index in [1.165, 1.54) is 14.2 Å². The van der Waals surface area contributed by atoms with Gasteiger partial charge in [-0.2, -0.15) is 0 Å². The fraction of sp³-hybridized carbons (Fsp3) is 0.471. The molecule has 2 aromatic rings. The Morgan fingerprint density at radius 1 is 0.604 bits per heavy atom. The number of benzene rings is 2. The lowest BCUT2D eigenvalue weighted by molar-refractivity contribution is -0.136. The maximum Gasteiger partial charge on any atom is 0.407 e. The van der Waals surface area contributed by atoms with Gasteiger partial charge in [-0.05, 0) is 75.9 Å². The van der Waals surface area contributed by atoms with Crippen molar-refractivity contribution in [2.45, 2.75) is 51.6 Å². The smallest absolute Gasteiger partial charge is 0.407 e. The highest BCUT2D eigenvalue weighted by molar-refractivity contribution is 5.96. The van der Waals surface area contributed by atoms with Crippen molar-refractivity contribution < 1.29 is 38.2 Å². The van der Waals surface area contributed by atoms with Crippen LogP contribution in [-0.4, -0.2) is 97.1 Å². The molecular weight excluding hydrogens is 620 g/mol. The largest absolute Gasteiger partial charge is 0.453 e. The zero-order chi connectivity index (χ0) is 35.2. The van der Waals surface area contributed by atoms with Gasteiger partial charge in [0.05, 0.1) is 26.1 Å². The Balaban J connectivity index is 1.26. The molecular formula is C34H44N6O8. The Labute approximate surface area is 279 Å². The number of nitrogens with one attached hydrogen (secondary N) is 4. The van der Waals surface area contributed by atoms with Gasteiger partial charge >= 0.3 is 12.2 Å². The van der Waals surface area contributed by atoms with E-state index < -0.39 is 23.3 Å². The summed E-state index contributed by atoms with van der Waals surface area (Å²) < 4.78 is 9.21. The molecule has 2 aliphatic rings. The number of anilines is 2. The lowest BCUT2D eigenvalue weighted by Gasteiger charge is -2.29. The summed E-state index contributed by atoms with van der Waals surface area (Å²) in [5.74, 6) is -1.71. The molecule has 4 N–H and O–H groups in total. The van der Waals surface area contributed by atoms with Crippen LogP contribution in [-0.2, 0) is 28.7 Å². The predicted octanol–water partition coefficient (Wildman–Crippen LogP) is 3.20. The topological polar surface area (TPSA) is 175 Å². The highest BCUT2D eigenvalue weighted by atomic mass is 16.5. The van der Waals surface area contributed by atoms with E-state index in [-0.39, 0.29) is 48.6 Å². The van der Waals surface area contributed by atoms with Gasteiger partial charge in [0.15, 0.2) is 0 Å². The summed E-state index contributed by atoms with van der Waals surface area (Å²) in [7, 11) is 2.46. The number of methoxy groups -OCH3 is 2. The summed E-state index contributed by atoms with van der Waals surface area (Å²) >= 11 is 0. The van der Waals surface area contributed by atoms with Gasteiger partial charge in [0.25, 0.3) is 0 Å². The van der Waals surface area contributed by atoms with E-state index in [0.717, 1.165) is 11.1 Å². The standard InChI is InChI=1S/C34H44N6O8/c1-33(2,37-31(45)47-5)29(43)39-17-15-23(19-39)27(41)35-25-11-7-21(8-12-25)22-9-13-26(14-10-22)36-28(42)24-16-18-40(20-24)30(44)34(3,4)38-32(46)48-6/h7-14,23-24H,15-20H2,1-6H3,(H,35,41)(H,36,42)(H,37,45)(H,38,46)/t23-,24+. The number of hydrogen-bond donors (Lipinski definition) is 4. The number of hydrogen-bond acceptors (Lipinski definition) is 8. The van der Waals surface area contributed by atoms with Crippen molar-refractivity contribution in [2.24, 2.45) is 11.8 Å². The van der Waals surface area contributed by atoms with Crippen LogP contribution in [0.2, 0.25) is 0 Å². The van der Waals surface area contributed by atoms with E-state index in [1.807, 2.05) is 24.3 Å². The van der Waals surface area contributed by atoms with E-state index in [0.29, 0.717) is 37.3 Å². The molecule has 14 nitrogen and oxygen atoms in total. The molecule has 0 aliphatic carbocycles. The second-order valence-electron chi connectivity index (χ2n) is 13.1. The maximum absolute atomic E-state index is 13.0. The normalized spacial score (nSPS) is 17.7. The van der Waals surface area contributed by atoms with Gasteiger partial charge in [0.2, 0.25) is 23.6 Å². The molecule has 2 aliphatic heterocycles. The minimum atomic E-state index is -1.16. The number of alkyl carbamates (subject to hydrolysis) is 2. The van der Waals surface area contributed by atoms with Crippen LogP contribution in [0, 0.1) is 11.8 Å². The minimum absolute atomic E-state index is 0.187. The molecule has 4 rings (SSSR count). The maximum atomic E-state index is 13.0. The molecule has 6 amide bonds. The monoisotopic (exact) mass is 664 g/mol. The number of carbonyl (C=O) groups excluding carboxylic acids is 6. The van der Waals surface area contributed by atoms with Crippen LogP contribution in [0.15, 0.2) is 48.5 Å². The first-order valence-corrected chi connectivity index (χ1v) is 15.8. The average molecular weight is 665 g/mol. The van der Waals surface area contributed by atoms with Crippen molar-refractivity contribution >= 4 is 47.2 Å². The number of carbonyl (C=O) groups is 6. The van der Waals surface area contributed by atoms with Gasteiger partial charge in [-0.15, -0.1) is 0 Å². The quantitative estimate of drug-likeness (QED) is 0.316. The number of nitrogens with zero attached hydrogens (tertiary/aromatic N) is 2. The molecule has 258 valence electrons. The Morgan fingerprint density at radius 2 is 0.938 bits per heavy atom. The third-order valence-corrected chi connectivity index (χ3v) is 8.60. The highest BCUT2D eigenvalue weighted by Gasteiger charge is 2.40. The minimum Gasteiger partial charge on any atom is -0.453 e. The molecule has 2 fully saturated rings. The first kappa shape index (κ1) is 35.7. The van der Waals surface area contributed by atoms with Crippen molar-refractivity contribution in [3.63, 3.8) is 0 Å². The van der Waals surface area contributed by atoms with E-state index in [4.69, 9.17) is 0 Å². The number of ether oxygens (including phenoxy) is 2. The van der Waals surface area contributed by atoms with Gasteiger partial charge in [-0.3, -0.25) is 19.2 Å². The van der Waals surface area contributed by atoms with Crippen molar-refractivity contribution in [1.29, 1.82) is 0 Å². The van der Waals surface area contributed by atoms with Crippen LogP contribution in [0.5, 0.6) is 0 Å². The Bertz CT molecular complexity index is 1420. The van der Waals surface area contributed by atoms with Gasteiger partial charge in [-0.25, -0.2) is 9.59 Å². The molecule has 14 heteroatoms. The Kier molecular flexibility index (Phi) is 11.0. The molecule has 2 atom stereocenters. The Hall–Kier alpha value is -5.14. The summed E-state index contributed by atoms with van der Waals surface area (Å²) in [6.07, 6.45) is -0.380. The SMILES string of the molecule is COC(=O)NC(C)(C)C(=O)N1CC[C@@H](C(=O)Nc2ccc(-c3ccc(NC(=O)[C@H]4CCN(C(=O)C(C)(C)NC(=O)OC)C4)cc3)cc2)C1. The fourth-order valence-corrected chi connectivity index (χ4v) is 5.81. The van der Waals surface area contributed by atoms with Crippen LogP contribution in [0.1, 0.15) is 40.5 Å². The summed E-state index contributed by atoms with van der Waals surface area (Å²) in [5, 5.41) is 10.9. The molecule has 2 heterocycles. The van der Waals surface area contributed by atoms with Crippen LogP contribution >= 0.6 is 0 Å². The molecule has 48 heavy (non-hydrogen) atoms. The molecule has 0 spiro atoms. The van der Waals surface area contributed by atoms with Crippen molar-refractivity contribution in [1.82, 2.24) is 20.4 Å². The highest BCUT2D eigenvalue weighted by Crippen LogP contribution is 2.27. The average Bonchev–Trinajstić information content (AvgIpc) is 3.75. The molecule has 0 radical (unpaired) electrons. The first-order chi connectivity index (χ1) is 22.6. The first-order valence-electron chi connectivity index (χ1n) is 15.8. The summed E-state index contributed by atoms with van der Waals surface area (Å²) in [6, 6.07) is 14.8. The molecule has 2 saturated heterocycles. The number of likely N-dealkylation sites (tertiary alicyclic amines) is 2.